The zero-order valence-corrected chi connectivity index (χ0v) is 4.08. The van der Waals surface area contributed by atoms with E-state index >= 15 is 0 Å². The van der Waals surface area contributed by atoms with Crippen LogP contribution >= 0.6 is 0 Å². The van der Waals surface area contributed by atoms with Crippen LogP contribution in [0.4, 0.5) is 0 Å². The third-order valence-electron chi connectivity index (χ3n) is 0.577. The van der Waals surface area contributed by atoms with Crippen molar-refractivity contribution in [2.45, 2.75) is 20.8 Å². The average molecular weight is 110 g/mol. The van der Waals surface area contributed by atoms with Crippen LogP contribution in [0.3, 0.4) is 0 Å². The van der Waals surface area contributed by atoms with Gasteiger partial charge in [0.15, 0.2) is 0 Å². The Kier molecular flexibility index (Phi) is 11.0. The summed E-state index contributed by atoms with van der Waals surface area (Å²) < 4.78 is 0. The molecule has 0 aromatic carbocycles. The van der Waals surface area contributed by atoms with E-state index in [1.165, 1.54) is 5.57 Å². The van der Waals surface area contributed by atoms with E-state index in [0.717, 1.165) is 0 Å². The summed E-state index contributed by atoms with van der Waals surface area (Å²) in [5.41, 5.74) is 1.38. The average Bonchev–Trinajstić information content (AvgIpc) is 1.38. The summed E-state index contributed by atoms with van der Waals surface area (Å²) in [7, 11) is 0. The van der Waals surface area contributed by atoms with Gasteiger partial charge in [-0.05, 0) is 20.8 Å². The van der Waals surface area contributed by atoms with Gasteiger partial charge in [0, 0.05) is 0 Å². The predicted octanol–water partition coefficient (Wildman–Crippen LogP) is 1.32. The topological polar surface area (TPSA) is 0 Å². The summed E-state index contributed by atoms with van der Waals surface area (Å²) >= 11 is 0. The first-order valence-corrected chi connectivity index (χ1v) is 1.87. The maximum absolute atomic E-state index is 2.08. The van der Waals surface area contributed by atoms with Crippen LogP contribution in [0.25, 0.3) is 0 Å². The molecule has 6 heavy (non-hydrogen) atoms. The molecule has 0 unspecified atom stereocenters. The first-order chi connectivity index (χ1) is 2.27. The molecule has 0 aliphatic heterocycles. The van der Waals surface area contributed by atoms with Gasteiger partial charge in [-0.2, -0.15) is 0 Å². The molecule has 0 nitrogen and oxygen atoms in total. The van der Waals surface area contributed by atoms with Gasteiger partial charge < -0.3 is 0 Å². The Morgan fingerprint density at radius 1 is 1.33 bits per heavy atom. The van der Waals surface area contributed by atoms with Gasteiger partial charge in [-0.1, -0.05) is 11.6 Å². The molecule has 0 N–H and O–H groups in total. The Bertz CT molecular complexity index is 41.9. The fourth-order valence-corrected chi connectivity index (χ4v) is 0. The minimum atomic E-state index is 0. The molecule has 32 valence electrons. The molecule has 0 aliphatic rings. The van der Waals surface area contributed by atoms with Crippen LogP contribution in [0.2, 0.25) is 0 Å². The van der Waals surface area contributed by atoms with Crippen molar-refractivity contribution in [1.82, 2.24) is 0 Å². The molecule has 0 amide bonds. The van der Waals surface area contributed by atoms with Gasteiger partial charge in [0.1, 0.15) is 0 Å². The molecule has 0 bridgehead atoms. The quantitative estimate of drug-likeness (QED) is 0.326. The molecule has 0 aromatic heterocycles. The van der Waals surface area contributed by atoms with E-state index < -0.39 is 0 Å². The van der Waals surface area contributed by atoms with Crippen molar-refractivity contribution < 1.29 is 0 Å². The van der Waals surface area contributed by atoms with Crippen molar-refractivity contribution in [3.63, 3.8) is 0 Å². The monoisotopic (exact) mass is 110 g/mol. The van der Waals surface area contributed by atoms with E-state index in [9.17, 15) is 0 Å². The normalized spacial score (nSPS) is 5.83. The Hall–Kier alpha value is 1.38. The van der Waals surface area contributed by atoms with Crippen molar-refractivity contribution in [3.05, 3.63) is 11.6 Å². The van der Waals surface area contributed by atoms with E-state index in [-0.39, 0.29) is 51.4 Å². The molecule has 0 fully saturated rings. The second kappa shape index (κ2) is 6.38. The van der Waals surface area contributed by atoms with Crippen LogP contribution in [0.15, 0.2) is 11.6 Å². The van der Waals surface area contributed by atoms with Gasteiger partial charge in [-0.15, -0.1) is 0 Å². The molecule has 1 heteroatoms. The van der Waals surface area contributed by atoms with Crippen molar-refractivity contribution in [3.8, 4) is 0 Å². The zero-order valence-electron chi connectivity index (χ0n) is 4.08. The SMILES string of the molecule is CC=C(C)C.[KH]. The number of hydrogen-bond donors (Lipinski definition) is 0. The van der Waals surface area contributed by atoms with E-state index in [2.05, 4.69) is 19.9 Å². The van der Waals surface area contributed by atoms with Crippen molar-refractivity contribution in [2.24, 2.45) is 0 Å². The molecule has 0 radical (unpaired) electrons. The van der Waals surface area contributed by atoms with Crippen LogP contribution in [0.1, 0.15) is 20.8 Å². The molecule has 0 saturated heterocycles. The maximum atomic E-state index is 2.08. The molecule has 0 atom stereocenters. The van der Waals surface area contributed by atoms with Gasteiger partial charge >= 0.3 is 51.4 Å². The molecule has 0 saturated carbocycles. The van der Waals surface area contributed by atoms with E-state index in [4.69, 9.17) is 0 Å². The van der Waals surface area contributed by atoms with Gasteiger partial charge in [0.2, 0.25) is 0 Å². The van der Waals surface area contributed by atoms with Crippen molar-refractivity contribution >= 4 is 51.4 Å². The first-order valence-electron chi connectivity index (χ1n) is 1.87. The fourth-order valence-electron chi connectivity index (χ4n) is 0. The molecule has 0 aromatic rings. The summed E-state index contributed by atoms with van der Waals surface area (Å²) in [6, 6.07) is 0. The number of rotatable bonds is 0. The third-order valence-corrected chi connectivity index (χ3v) is 0.577. The first kappa shape index (κ1) is 10.4. The second-order valence-electron chi connectivity index (χ2n) is 1.37. The van der Waals surface area contributed by atoms with E-state index in [0.29, 0.717) is 0 Å². The molecular weight excluding hydrogens is 99.2 g/mol. The molecule has 0 spiro atoms. The number of allylic oxidation sites excluding steroid dienone is 2. The summed E-state index contributed by atoms with van der Waals surface area (Å²) in [4.78, 5) is 0. The van der Waals surface area contributed by atoms with Gasteiger partial charge in [0.05, 0.1) is 0 Å². The summed E-state index contributed by atoms with van der Waals surface area (Å²) in [5.74, 6) is 0. The van der Waals surface area contributed by atoms with Gasteiger partial charge in [-0.3, -0.25) is 0 Å². The van der Waals surface area contributed by atoms with Gasteiger partial charge in [0.25, 0.3) is 0 Å². The number of hydrogen-bond acceptors (Lipinski definition) is 0. The van der Waals surface area contributed by atoms with Crippen LogP contribution in [-0.4, -0.2) is 51.4 Å². The van der Waals surface area contributed by atoms with E-state index in [1.54, 1.807) is 0 Å². The molecule has 0 heterocycles. The molecule has 0 aliphatic carbocycles. The predicted molar refractivity (Wildman–Crippen MR) is 32.3 cm³/mol. The van der Waals surface area contributed by atoms with Gasteiger partial charge in [-0.25, -0.2) is 0 Å². The van der Waals surface area contributed by atoms with Crippen molar-refractivity contribution in [2.75, 3.05) is 0 Å². The van der Waals surface area contributed by atoms with Crippen LogP contribution < -0.4 is 0 Å². The minimum absolute atomic E-state index is 0. The third kappa shape index (κ3) is 9.03. The second-order valence-corrected chi connectivity index (χ2v) is 1.37. The standard InChI is InChI=1S/C5H10.K.H/c1-4-5(2)3;;/h4H,1-3H3;;. The Morgan fingerprint density at radius 3 is 1.50 bits per heavy atom. The van der Waals surface area contributed by atoms with E-state index in [1.807, 2.05) is 6.92 Å². The van der Waals surface area contributed by atoms with Crippen LogP contribution in [0, 0.1) is 0 Å². The van der Waals surface area contributed by atoms with Crippen LogP contribution in [-0.2, 0) is 0 Å². The molecule has 0 rings (SSSR count). The summed E-state index contributed by atoms with van der Waals surface area (Å²) in [6.07, 6.45) is 2.08. The zero-order chi connectivity index (χ0) is 4.28. The Morgan fingerprint density at radius 2 is 1.50 bits per heavy atom. The summed E-state index contributed by atoms with van der Waals surface area (Å²) in [5, 5.41) is 0. The fraction of sp³-hybridized carbons (Fsp3) is 0.600. The summed E-state index contributed by atoms with van der Waals surface area (Å²) in [6.45, 7) is 6.20. The Balaban J connectivity index is 0. The Labute approximate surface area is 82.4 Å². The van der Waals surface area contributed by atoms with Crippen molar-refractivity contribution in [1.29, 1.82) is 0 Å². The molecular formula is C5H11K. The van der Waals surface area contributed by atoms with Crippen LogP contribution in [0.5, 0.6) is 0 Å².